The molecule has 0 aromatic carbocycles. The molecule has 0 aliphatic heterocycles. The van der Waals surface area contributed by atoms with Gasteiger partial charge in [-0.3, -0.25) is 14.4 Å². The minimum absolute atomic E-state index is 0.0113. The van der Waals surface area contributed by atoms with Gasteiger partial charge in [0.15, 0.2) is 11.6 Å². The van der Waals surface area contributed by atoms with Crippen LogP contribution in [0.15, 0.2) is 23.3 Å². The van der Waals surface area contributed by atoms with Crippen LogP contribution in [0.3, 0.4) is 0 Å². The van der Waals surface area contributed by atoms with E-state index in [4.69, 9.17) is 0 Å². The molecule has 0 radical (unpaired) electrons. The van der Waals surface area contributed by atoms with E-state index in [0.717, 1.165) is 24.8 Å². The second-order valence-electron chi connectivity index (χ2n) is 15.8. The molecule has 0 spiro atoms. The first-order chi connectivity index (χ1) is 18.2. The number of nitrogens with zero attached hydrogens (tertiary/aromatic N) is 1. The number of alkyl halides is 2. The number of carbonyl (C=O) groups is 3. The van der Waals surface area contributed by atoms with Crippen LogP contribution in [0.2, 0.25) is 0 Å². The lowest BCUT2D eigenvalue weighted by atomic mass is 9.35. The number of rotatable bonds is 2. The number of Topliss-reactive ketones (excluding diaryl/α,β-unsaturated/α-hetero) is 1. The van der Waals surface area contributed by atoms with Crippen molar-refractivity contribution in [1.29, 1.82) is 5.26 Å². The monoisotopic (exact) mass is 554 g/mol. The van der Waals surface area contributed by atoms with Gasteiger partial charge in [-0.1, -0.05) is 60.1 Å². The lowest BCUT2D eigenvalue weighted by Crippen LogP contribution is -2.70. The zero-order chi connectivity index (χ0) is 29.9. The number of nitriles is 1. The smallest absolute Gasteiger partial charge is 0.321 e. The lowest BCUT2D eigenvalue weighted by molar-refractivity contribution is -0.168. The molecule has 40 heavy (non-hydrogen) atoms. The Kier molecular flexibility index (Phi) is 6.09. The van der Waals surface area contributed by atoms with Crippen molar-refractivity contribution < 1.29 is 23.2 Å². The van der Waals surface area contributed by atoms with Gasteiger partial charge in [-0.25, -0.2) is 0 Å². The van der Waals surface area contributed by atoms with Crippen LogP contribution in [0.4, 0.5) is 8.78 Å². The minimum Gasteiger partial charge on any atom is -0.345 e. The van der Waals surface area contributed by atoms with Gasteiger partial charge >= 0.3 is 5.92 Å². The molecule has 3 saturated carbocycles. The molecular formula is C33H44F2N2O3. The Balaban J connectivity index is 1.67. The van der Waals surface area contributed by atoms with Crippen molar-refractivity contribution in [2.24, 2.45) is 44.8 Å². The molecule has 5 rings (SSSR count). The Morgan fingerprint density at radius 3 is 2.25 bits per heavy atom. The molecule has 0 aromatic rings. The van der Waals surface area contributed by atoms with E-state index in [2.05, 4.69) is 46.0 Å². The van der Waals surface area contributed by atoms with Gasteiger partial charge in [-0.05, 0) is 79.1 Å². The Morgan fingerprint density at radius 2 is 1.65 bits per heavy atom. The highest BCUT2D eigenvalue weighted by atomic mass is 19.3. The highest BCUT2D eigenvalue weighted by Crippen LogP contribution is 2.73. The van der Waals surface area contributed by atoms with Gasteiger partial charge in [-0.15, -0.1) is 0 Å². The van der Waals surface area contributed by atoms with E-state index >= 15 is 0 Å². The van der Waals surface area contributed by atoms with Crippen molar-refractivity contribution in [3.8, 4) is 6.07 Å². The Bertz CT molecular complexity index is 1300. The van der Waals surface area contributed by atoms with Crippen molar-refractivity contribution in [2.75, 3.05) is 0 Å². The first-order valence-corrected chi connectivity index (χ1v) is 14.8. The van der Waals surface area contributed by atoms with E-state index in [-0.39, 0.29) is 34.4 Å². The number of halogens is 2. The van der Waals surface area contributed by atoms with Crippen molar-refractivity contribution in [2.45, 2.75) is 112 Å². The second-order valence-corrected chi connectivity index (χ2v) is 15.8. The summed E-state index contributed by atoms with van der Waals surface area (Å²) in [6.45, 7) is 15.3. The molecule has 0 aromatic heterocycles. The summed E-state index contributed by atoms with van der Waals surface area (Å²) in [4.78, 5) is 40.3. The van der Waals surface area contributed by atoms with Gasteiger partial charge in [0.1, 0.15) is 6.07 Å². The van der Waals surface area contributed by atoms with E-state index in [1.54, 1.807) is 6.08 Å². The summed E-state index contributed by atoms with van der Waals surface area (Å²) in [6, 6.07) is 2.13. The molecule has 7 atom stereocenters. The molecule has 0 saturated heterocycles. The minimum atomic E-state index is -3.49. The normalized spacial score (nSPS) is 43.6. The number of nitrogens with one attached hydrogen (secondary N) is 1. The number of hydrogen-bond donors (Lipinski definition) is 1. The fourth-order valence-corrected chi connectivity index (χ4v) is 10.2. The summed E-state index contributed by atoms with van der Waals surface area (Å²) in [5.74, 6) is -5.62. The molecule has 218 valence electrons. The number of carbonyl (C=O) groups excluding carboxylic acids is 3. The molecule has 0 heterocycles. The van der Waals surface area contributed by atoms with Crippen LogP contribution < -0.4 is 5.32 Å². The van der Waals surface area contributed by atoms with E-state index in [1.807, 2.05) is 19.9 Å². The summed E-state index contributed by atoms with van der Waals surface area (Å²) in [7, 11) is 0. The fourth-order valence-electron chi connectivity index (χ4n) is 10.2. The highest BCUT2D eigenvalue weighted by molar-refractivity contribution is 6.04. The summed E-state index contributed by atoms with van der Waals surface area (Å²) in [5.41, 5.74) is -1.98. The summed E-state index contributed by atoms with van der Waals surface area (Å²) in [6.07, 6.45) is 8.42. The molecule has 1 amide bonds. The average Bonchev–Trinajstić information content (AvgIpc) is 2.83. The van der Waals surface area contributed by atoms with Crippen molar-refractivity contribution >= 4 is 17.5 Å². The molecule has 1 unspecified atom stereocenters. The third-order valence-corrected chi connectivity index (χ3v) is 12.6. The predicted octanol–water partition coefficient (Wildman–Crippen LogP) is 6.73. The molecule has 0 bridgehead atoms. The van der Waals surface area contributed by atoms with Gasteiger partial charge < -0.3 is 5.32 Å². The van der Waals surface area contributed by atoms with Crippen molar-refractivity contribution in [1.82, 2.24) is 5.32 Å². The lowest BCUT2D eigenvalue weighted by Gasteiger charge is -2.69. The number of allylic oxidation sites excluding steroid dienone is 4. The third kappa shape index (κ3) is 3.69. The van der Waals surface area contributed by atoms with E-state index in [1.165, 1.54) is 0 Å². The molecular weight excluding hydrogens is 510 g/mol. The second kappa shape index (κ2) is 8.35. The average molecular weight is 555 g/mol. The standard InChI is InChI=1S/C33H44F2N2O3/c1-27(2)11-13-33(37-26(40)32(8,34)35)14-12-31(7)24(20(33)17-27)21(38)15-23-29(5)16-19(18-36)25(39)28(3,4)22(29)9-10-30(23,31)6/h15-16,20,22,24H,9-14,17H2,1-8H3,(H,37,40)/t20-,22+,24?,29+,30-,31-,33+/m1/s1. The Labute approximate surface area is 237 Å². The molecule has 5 aliphatic carbocycles. The van der Waals surface area contributed by atoms with Gasteiger partial charge in [0.25, 0.3) is 5.91 Å². The maximum absolute atomic E-state index is 14.4. The zero-order valence-corrected chi connectivity index (χ0v) is 25.3. The van der Waals surface area contributed by atoms with Crippen molar-refractivity contribution in [3.63, 3.8) is 0 Å². The first-order valence-electron chi connectivity index (χ1n) is 14.8. The summed E-state index contributed by atoms with van der Waals surface area (Å²) in [5, 5.41) is 12.7. The number of amides is 1. The summed E-state index contributed by atoms with van der Waals surface area (Å²) >= 11 is 0. The predicted molar refractivity (Wildman–Crippen MR) is 148 cm³/mol. The highest BCUT2D eigenvalue weighted by Gasteiger charge is 2.70. The SMILES string of the molecule is CC1(C)CC[C@]2(NC(=O)C(C)(F)F)CC[C@]3(C)C(C(=O)C=C4[C@@]5(C)C=C(C#N)C(=O)C(C)(C)[C@@H]5CC[C@]43C)[C@H]2C1. The van der Waals surface area contributed by atoms with Gasteiger partial charge in [-0.2, -0.15) is 14.0 Å². The maximum Gasteiger partial charge on any atom is 0.321 e. The third-order valence-electron chi connectivity index (χ3n) is 12.6. The molecule has 1 N–H and O–H groups in total. The van der Waals surface area contributed by atoms with E-state index in [0.29, 0.717) is 32.6 Å². The maximum atomic E-state index is 14.4. The van der Waals surface area contributed by atoms with Crippen LogP contribution in [-0.2, 0) is 14.4 Å². The number of fused-ring (bicyclic) bond motifs is 7. The Morgan fingerprint density at radius 1 is 1.02 bits per heavy atom. The largest absolute Gasteiger partial charge is 0.345 e. The van der Waals surface area contributed by atoms with Crippen LogP contribution >= 0.6 is 0 Å². The number of hydrogen-bond acceptors (Lipinski definition) is 4. The quantitative estimate of drug-likeness (QED) is 0.410. The van der Waals surface area contributed by atoms with Crippen LogP contribution in [0.25, 0.3) is 0 Å². The summed E-state index contributed by atoms with van der Waals surface area (Å²) < 4.78 is 28.3. The van der Waals surface area contributed by atoms with Gasteiger partial charge in [0.2, 0.25) is 0 Å². The van der Waals surface area contributed by atoms with Gasteiger partial charge in [0.05, 0.1) is 5.57 Å². The van der Waals surface area contributed by atoms with Gasteiger partial charge in [0, 0.05) is 29.2 Å². The van der Waals surface area contributed by atoms with Crippen molar-refractivity contribution in [3.05, 3.63) is 23.3 Å². The van der Waals surface area contributed by atoms with Crippen LogP contribution in [0.1, 0.15) is 100 Å². The van der Waals surface area contributed by atoms with Crippen LogP contribution in [0, 0.1) is 56.2 Å². The van der Waals surface area contributed by atoms with Crippen LogP contribution in [-0.4, -0.2) is 28.9 Å². The molecule has 5 nitrogen and oxygen atoms in total. The number of ketones is 2. The molecule has 3 fully saturated rings. The van der Waals surface area contributed by atoms with E-state index in [9.17, 15) is 28.4 Å². The topological polar surface area (TPSA) is 87.0 Å². The molecule has 7 heteroatoms. The first kappa shape index (κ1) is 29.1. The molecule has 5 aliphatic rings. The van der Waals surface area contributed by atoms with E-state index < -0.39 is 44.9 Å². The fraction of sp³-hybridized carbons (Fsp3) is 0.758. The Hall–Kier alpha value is -2.36. The van der Waals surface area contributed by atoms with Crippen LogP contribution in [0.5, 0.6) is 0 Å². The zero-order valence-electron chi connectivity index (χ0n) is 25.3.